The van der Waals surface area contributed by atoms with Gasteiger partial charge < -0.3 is 10.2 Å². The zero-order valence-electron chi connectivity index (χ0n) is 16.6. The van der Waals surface area contributed by atoms with E-state index in [0.29, 0.717) is 18.2 Å². The first kappa shape index (κ1) is 19.3. The highest BCUT2D eigenvalue weighted by Crippen LogP contribution is 2.26. The SMILES string of the molecule is O=C(Nc1cc(-n2ccnc2)ncn1)C1CCCN(c2ccc(-c3cccs3)nn2)C1. The number of imidazole rings is 1. The number of carbonyl (C=O) groups excluding carboxylic acids is 1. The standard InChI is InChI=1S/C21H20N8OS/c30-21(25-18-11-20(24-13-23-18)29-9-7-22-14-29)15-3-1-8-28(12-15)19-6-5-16(26-27-19)17-4-2-10-31-17/h2,4-7,9-11,13-15H,1,3,8,12H2,(H,23,24,25,30). The fourth-order valence-electron chi connectivity index (χ4n) is 3.63. The lowest BCUT2D eigenvalue weighted by Gasteiger charge is -2.32. The Morgan fingerprint density at radius 2 is 2.13 bits per heavy atom. The van der Waals surface area contributed by atoms with Gasteiger partial charge in [0.15, 0.2) is 5.82 Å². The molecule has 0 aromatic carbocycles. The minimum atomic E-state index is -0.154. The van der Waals surface area contributed by atoms with E-state index in [4.69, 9.17) is 0 Å². The van der Waals surface area contributed by atoms with Crippen LogP contribution in [0.2, 0.25) is 0 Å². The molecule has 0 bridgehead atoms. The van der Waals surface area contributed by atoms with E-state index in [2.05, 4.69) is 35.4 Å². The second-order valence-electron chi connectivity index (χ2n) is 7.26. The van der Waals surface area contributed by atoms with Crippen molar-refractivity contribution in [3.05, 3.63) is 60.8 Å². The van der Waals surface area contributed by atoms with Gasteiger partial charge in [-0.15, -0.1) is 21.5 Å². The molecule has 0 aliphatic carbocycles. The van der Waals surface area contributed by atoms with Gasteiger partial charge in [0.05, 0.1) is 10.8 Å². The highest BCUT2D eigenvalue weighted by Gasteiger charge is 2.27. The largest absolute Gasteiger partial charge is 0.354 e. The number of amides is 1. The Morgan fingerprint density at radius 1 is 1.16 bits per heavy atom. The molecule has 0 spiro atoms. The lowest BCUT2D eigenvalue weighted by atomic mass is 9.97. The van der Waals surface area contributed by atoms with Crippen molar-refractivity contribution in [2.75, 3.05) is 23.3 Å². The summed E-state index contributed by atoms with van der Waals surface area (Å²) in [5.74, 6) is 1.71. The van der Waals surface area contributed by atoms with E-state index < -0.39 is 0 Å². The zero-order valence-corrected chi connectivity index (χ0v) is 17.4. The summed E-state index contributed by atoms with van der Waals surface area (Å²) in [5.41, 5.74) is 0.863. The summed E-state index contributed by atoms with van der Waals surface area (Å²) in [4.78, 5) is 28.5. The maximum atomic E-state index is 12.9. The fourth-order valence-corrected chi connectivity index (χ4v) is 4.32. The first-order valence-electron chi connectivity index (χ1n) is 10.00. The summed E-state index contributed by atoms with van der Waals surface area (Å²) in [6.45, 7) is 1.45. The predicted molar refractivity (Wildman–Crippen MR) is 118 cm³/mol. The van der Waals surface area contributed by atoms with Gasteiger partial charge in [-0.05, 0) is 36.4 Å². The van der Waals surface area contributed by atoms with Crippen molar-refractivity contribution in [1.82, 2.24) is 29.7 Å². The van der Waals surface area contributed by atoms with E-state index in [1.54, 1.807) is 40.7 Å². The smallest absolute Gasteiger partial charge is 0.230 e. The average Bonchev–Trinajstić information content (AvgIpc) is 3.54. The quantitative estimate of drug-likeness (QED) is 0.517. The molecule has 5 rings (SSSR count). The Balaban J connectivity index is 1.25. The molecule has 9 nitrogen and oxygen atoms in total. The number of aromatic nitrogens is 6. The van der Waals surface area contributed by atoms with Crippen molar-refractivity contribution in [3.63, 3.8) is 0 Å². The van der Waals surface area contributed by atoms with Crippen LogP contribution in [0.4, 0.5) is 11.6 Å². The van der Waals surface area contributed by atoms with Crippen LogP contribution in [0.25, 0.3) is 16.4 Å². The maximum Gasteiger partial charge on any atom is 0.230 e. The van der Waals surface area contributed by atoms with Crippen LogP contribution in [0.5, 0.6) is 0 Å². The van der Waals surface area contributed by atoms with Crippen molar-refractivity contribution in [2.45, 2.75) is 12.8 Å². The van der Waals surface area contributed by atoms with Crippen molar-refractivity contribution in [3.8, 4) is 16.4 Å². The van der Waals surface area contributed by atoms with Gasteiger partial charge in [-0.3, -0.25) is 9.36 Å². The van der Waals surface area contributed by atoms with Crippen LogP contribution in [-0.2, 0) is 4.79 Å². The molecule has 5 heterocycles. The van der Waals surface area contributed by atoms with Gasteiger partial charge in [0, 0.05) is 31.5 Å². The van der Waals surface area contributed by atoms with E-state index in [9.17, 15) is 4.79 Å². The number of hydrogen-bond donors (Lipinski definition) is 1. The molecule has 4 aromatic rings. The first-order valence-corrected chi connectivity index (χ1v) is 10.9. The number of thiophene rings is 1. The lowest BCUT2D eigenvalue weighted by molar-refractivity contribution is -0.120. The topological polar surface area (TPSA) is 102 Å². The Bertz CT molecular complexity index is 1140. The molecule has 10 heteroatoms. The van der Waals surface area contributed by atoms with Gasteiger partial charge in [-0.1, -0.05) is 6.07 Å². The molecule has 1 N–H and O–H groups in total. The van der Waals surface area contributed by atoms with Gasteiger partial charge >= 0.3 is 0 Å². The van der Waals surface area contributed by atoms with Crippen molar-refractivity contribution in [2.24, 2.45) is 5.92 Å². The molecule has 1 amide bonds. The molecule has 156 valence electrons. The average molecular weight is 433 g/mol. The summed E-state index contributed by atoms with van der Waals surface area (Å²) >= 11 is 1.64. The Morgan fingerprint density at radius 3 is 2.90 bits per heavy atom. The zero-order chi connectivity index (χ0) is 21.0. The van der Waals surface area contributed by atoms with Crippen LogP contribution in [0.1, 0.15) is 12.8 Å². The Hall–Kier alpha value is -3.66. The summed E-state index contributed by atoms with van der Waals surface area (Å²) in [6.07, 6.45) is 8.28. The molecular weight excluding hydrogens is 412 g/mol. The number of hydrogen-bond acceptors (Lipinski definition) is 8. The molecular formula is C21H20N8OS. The number of anilines is 2. The van der Waals surface area contributed by atoms with Crippen molar-refractivity contribution < 1.29 is 4.79 Å². The van der Waals surface area contributed by atoms with Gasteiger partial charge in [-0.25, -0.2) is 15.0 Å². The van der Waals surface area contributed by atoms with Crippen LogP contribution in [-0.4, -0.2) is 48.7 Å². The molecule has 1 aliphatic heterocycles. The molecule has 1 saturated heterocycles. The number of nitrogens with zero attached hydrogens (tertiary/aromatic N) is 7. The molecule has 1 atom stereocenters. The van der Waals surface area contributed by atoms with E-state index in [-0.39, 0.29) is 11.8 Å². The molecule has 0 radical (unpaired) electrons. The van der Waals surface area contributed by atoms with Gasteiger partial charge in [0.25, 0.3) is 0 Å². The summed E-state index contributed by atoms with van der Waals surface area (Å²) in [5, 5.41) is 13.7. The Labute approximate surface area is 182 Å². The molecule has 1 aliphatic rings. The molecule has 0 saturated carbocycles. The van der Waals surface area contributed by atoms with Gasteiger partial charge in [0.2, 0.25) is 5.91 Å². The normalized spacial score (nSPS) is 16.3. The van der Waals surface area contributed by atoms with Crippen LogP contribution in [0.3, 0.4) is 0 Å². The number of rotatable bonds is 5. The third-order valence-corrected chi connectivity index (χ3v) is 6.11. The van der Waals surface area contributed by atoms with E-state index in [1.165, 1.54) is 6.33 Å². The highest BCUT2D eigenvalue weighted by molar-refractivity contribution is 7.13. The third kappa shape index (κ3) is 4.29. The van der Waals surface area contributed by atoms with Crippen LogP contribution >= 0.6 is 11.3 Å². The predicted octanol–water partition coefficient (Wildman–Crippen LogP) is 3.04. The molecule has 1 unspecified atom stereocenters. The third-order valence-electron chi connectivity index (χ3n) is 5.21. The molecule has 1 fully saturated rings. The van der Waals surface area contributed by atoms with Crippen LogP contribution in [0, 0.1) is 5.92 Å². The van der Waals surface area contributed by atoms with Crippen molar-refractivity contribution in [1.29, 1.82) is 0 Å². The second-order valence-corrected chi connectivity index (χ2v) is 8.21. The van der Waals surface area contributed by atoms with Gasteiger partial charge in [0.1, 0.15) is 30.0 Å². The fraction of sp³-hybridized carbons (Fsp3) is 0.238. The minimum absolute atomic E-state index is 0.0526. The van der Waals surface area contributed by atoms with E-state index in [1.807, 2.05) is 29.6 Å². The monoisotopic (exact) mass is 432 g/mol. The first-order chi connectivity index (χ1) is 15.3. The number of piperidine rings is 1. The molecule has 31 heavy (non-hydrogen) atoms. The summed E-state index contributed by atoms with van der Waals surface area (Å²) < 4.78 is 1.76. The van der Waals surface area contributed by atoms with Gasteiger partial charge in [-0.2, -0.15) is 0 Å². The summed E-state index contributed by atoms with van der Waals surface area (Å²) in [7, 11) is 0. The van der Waals surface area contributed by atoms with E-state index in [0.717, 1.165) is 35.8 Å². The number of nitrogens with one attached hydrogen (secondary N) is 1. The second kappa shape index (κ2) is 8.60. The lowest BCUT2D eigenvalue weighted by Crippen LogP contribution is -2.41. The minimum Gasteiger partial charge on any atom is -0.354 e. The Kier molecular flexibility index (Phi) is 5.36. The number of carbonyl (C=O) groups is 1. The summed E-state index contributed by atoms with van der Waals surface area (Å²) in [6, 6.07) is 9.72. The van der Waals surface area contributed by atoms with Crippen LogP contribution < -0.4 is 10.2 Å². The highest BCUT2D eigenvalue weighted by atomic mass is 32.1. The molecule has 4 aromatic heterocycles. The van der Waals surface area contributed by atoms with E-state index >= 15 is 0 Å². The van der Waals surface area contributed by atoms with Crippen LogP contribution in [0.15, 0.2) is 60.8 Å². The maximum absolute atomic E-state index is 12.9. The van der Waals surface area contributed by atoms with Crippen molar-refractivity contribution >= 4 is 28.9 Å².